The highest BCUT2D eigenvalue weighted by Crippen LogP contribution is 2.45. The van der Waals surface area contributed by atoms with Crippen molar-refractivity contribution in [1.82, 2.24) is 9.78 Å². The van der Waals surface area contributed by atoms with Crippen molar-refractivity contribution in [2.75, 3.05) is 34.2 Å². The van der Waals surface area contributed by atoms with Crippen molar-refractivity contribution in [3.63, 3.8) is 0 Å². The van der Waals surface area contributed by atoms with Gasteiger partial charge in [-0.3, -0.25) is 0 Å². The molecule has 3 aromatic rings. The molecule has 0 amide bonds. The summed E-state index contributed by atoms with van der Waals surface area (Å²) in [6.07, 6.45) is 0. The van der Waals surface area contributed by atoms with Crippen molar-refractivity contribution in [1.29, 1.82) is 0 Å². The third-order valence-electron chi connectivity index (χ3n) is 4.94. The van der Waals surface area contributed by atoms with Gasteiger partial charge in [-0.1, -0.05) is 6.07 Å². The SMILES string of the molecule is COc1ccc(-c2c(-c3cc(OC)c(OC)c(OC)c3)nn(C(C)(C)C)c2N)cc1F. The number of nitrogen functional groups attached to an aromatic ring is 1. The predicted octanol–water partition coefficient (Wildman–Crippen LogP) is 4.73. The minimum atomic E-state index is -0.487. The van der Waals surface area contributed by atoms with Gasteiger partial charge >= 0.3 is 0 Å². The summed E-state index contributed by atoms with van der Waals surface area (Å²) in [6, 6.07) is 8.29. The lowest BCUT2D eigenvalue weighted by Crippen LogP contribution is -2.24. The standard InChI is InChI=1S/C23H28FN3O4/c1-23(2,3)27-22(25)19(13-8-9-16(28-4)15(24)10-13)20(26-27)14-11-17(29-5)21(31-7)18(12-14)30-6/h8-12H,25H2,1-7H3. The molecule has 0 saturated carbocycles. The highest BCUT2D eigenvalue weighted by Gasteiger charge is 2.27. The summed E-state index contributed by atoms with van der Waals surface area (Å²) in [5.41, 5.74) is 8.57. The van der Waals surface area contributed by atoms with Crippen LogP contribution < -0.4 is 24.7 Å². The Hall–Kier alpha value is -3.42. The third-order valence-corrected chi connectivity index (χ3v) is 4.94. The molecule has 0 aliphatic rings. The van der Waals surface area contributed by atoms with E-state index in [2.05, 4.69) is 0 Å². The third kappa shape index (κ3) is 3.97. The molecular formula is C23H28FN3O4. The van der Waals surface area contributed by atoms with Crippen LogP contribution in [0.25, 0.3) is 22.4 Å². The lowest BCUT2D eigenvalue weighted by Gasteiger charge is -2.21. The maximum absolute atomic E-state index is 14.5. The Balaban J connectivity index is 2.34. The van der Waals surface area contributed by atoms with Crippen LogP contribution >= 0.6 is 0 Å². The largest absolute Gasteiger partial charge is 0.494 e. The molecule has 1 heterocycles. The van der Waals surface area contributed by atoms with E-state index in [4.69, 9.17) is 29.8 Å². The molecule has 0 fully saturated rings. The maximum Gasteiger partial charge on any atom is 0.203 e. The summed E-state index contributed by atoms with van der Waals surface area (Å²) >= 11 is 0. The second-order valence-electron chi connectivity index (χ2n) is 7.95. The summed E-state index contributed by atoms with van der Waals surface area (Å²) in [7, 11) is 6.05. The number of benzene rings is 2. The molecule has 3 rings (SSSR count). The number of nitrogens with two attached hydrogens (primary N) is 1. The van der Waals surface area contributed by atoms with Crippen LogP contribution in [-0.2, 0) is 5.54 Å². The molecule has 2 N–H and O–H groups in total. The number of aromatic nitrogens is 2. The smallest absolute Gasteiger partial charge is 0.203 e. The number of hydrogen-bond acceptors (Lipinski definition) is 6. The summed E-state index contributed by atoms with van der Waals surface area (Å²) in [6.45, 7) is 5.98. The molecule has 0 bridgehead atoms. The lowest BCUT2D eigenvalue weighted by molar-refractivity contribution is 0.324. The average Bonchev–Trinajstić information content (AvgIpc) is 3.10. The van der Waals surface area contributed by atoms with Crippen LogP contribution in [0.4, 0.5) is 10.2 Å². The zero-order valence-corrected chi connectivity index (χ0v) is 18.9. The first kappa shape index (κ1) is 22.3. The van der Waals surface area contributed by atoms with Crippen molar-refractivity contribution < 1.29 is 23.3 Å². The molecule has 0 aliphatic heterocycles. The van der Waals surface area contributed by atoms with E-state index in [1.54, 1.807) is 43.2 Å². The predicted molar refractivity (Wildman–Crippen MR) is 119 cm³/mol. The van der Waals surface area contributed by atoms with Crippen molar-refractivity contribution in [2.24, 2.45) is 0 Å². The van der Waals surface area contributed by atoms with E-state index in [1.165, 1.54) is 20.3 Å². The van der Waals surface area contributed by atoms with Crippen molar-refractivity contribution in [3.05, 3.63) is 36.1 Å². The molecule has 166 valence electrons. The van der Waals surface area contributed by atoms with Gasteiger partial charge in [0.25, 0.3) is 0 Å². The molecule has 0 aliphatic carbocycles. The Morgan fingerprint density at radius 1 is 0.839 bits per heavy atom. The minimum Gasteiger partial charge on any atom is -0.494 e. The number of halogens is 1. The van der Waals surface area contributed by atoms with Crippen LogP contribution in [0.2, 0.25) is 0 Å². The number of nitrogens with zero attached hydrogens (tertiary/aromatic N) is 2. The summed E-state index contributed by atoms with van der Waals surface area (Å²) in [5.74, 6) is 1.51. The van der Waals surface area contributed by atoms with Gasteiger partial charge in [-0.05, 0) is 50.6 Å². The number of ether oxygens (including phenoxy) is 4. The average molecular weight is 429 g/mol. The Kier molecular flexibility index (Phi) is 6.01. The van der Waals surface area contributed by atoms with Gasteiger partial charge in [0.2, 0.25) is 5.75 Å². The fraction of sp³-hybridized carbons (Fsp3) is 0.348. The highest BCUT2D eigenvalue weighted by atomic mass is 19.1. The molecule has 7 nitrogen and oxygen atoms in total. The number of hydrogen-bond donors (Lipinski definition) is 1. The van der Waals surface area contributed by atoms with Gasteiger partial charge in [-0.15, -0.1) is 0 Å². The van der Waals surface area contributed by atoms with E-state index in [9.17, 15) is 4.39 Å². The molecule has 2 aromatic carbocycles. The maximum atomic E-state index is 14.5. The fourth-order valence-electron chi connectivity index (χ4n) is 3.47. The van der Waals surface area contributed by atoms with Gasteiger partial charge in [0.15, 0.2) is 23.1 Å². The monoisotopic (exact) mass is 429 g/mol. The van der Waals surface area contributed by atoms with Crippen LogP contribution in [0.3, 0.4) is 0 Å². The zero-order valence-electron chi connectivity index (χ0n) is 18.9. The molecule has 0 unspecified atom stereocenters. The van der Waals surface area contributed by atoms with Crippen molar-refractivity contribution in [2.45, 2.75) is 26.3 Å². The first-order valence-corrected chi connectivity index (χ1v) is 9.69. The molecule has 0 atom stereocenters. The zero-order chi connectivity index (χ0) is 22.9. The van der Waals surface area contributed by atoms with Gasteiger partial charge in [0.05, 0.1) is 39.5 Å². The molecule has 0 spiro atoms. The van der Waals surface area contributed by atoms with E-state index < -0.39 is 11.4 Å². The van der Waals surface area contributed by atoms with E-state index in [-0.39, 0.29) is 5.75 Å². The fourth-order valence-corrected chi connectivity index (χ4v) is 3.47. The van der Waals surface area contributed by atoms with Crippen molar-refractivity contribution >= 4 is 5.82 Å². The second-order valence-corrected chi connectivity index (χ2v) is 7.95. The van der Waals surface area contributed by atoms with E-state index >= 15 is 0 Å². The quantitative estimate of drug-likeness (QED) is 0.610. The first-order chi connectivity index (χ1) is 14.7. The molecule has 8 heteroatoms. The van der Waals surface area contributed by atoms with Gasteiger partial charge < -0.3 is 24.7 Å². The Labute approximate surface area is 181 Å². The normalized spacial score (nSPS) is 11.4. The minimum absolute atomic E-state index is 0.153. The van der Waals surface area contributed by atoms with Crippen LogP contribution in [0.5, 0.6) is 23.0 Å². The molecule has 0 saturated heterocycles. The molecular weight excluding hydrogens is 401 g/mol. The van der Waals surface area contributed by atoms with Crippen LogP contribution in [0.1, 0.15) is 20.8 Å². The highest BCUT2D eigenvalue weighted by molar-refractivity contribution is 5.89. The first-order valence-electron chi connectivity index (χ1n) is 9.69. The number of methoxy groups -OCH3 is 4. The number of anilines is 1. The molecule has 1 aromatic heterocycles. The topological polar surface area (TPSA) is 80.8 Å². The molecule has 31 heavy (non-hydrogen) atoms. The molecule has 0 radical (unpaired) electrons. The van der Waals surface area contributed by atoms with Crippen LogP contribution in [0, 0.1) is 5.82 Å². The van der Waals surface area contributed by atoms with Gasteiger partial charge in [-0.25, -0.2) is 9.07 Å². The van der Waals surface area contributed by atoms with Crippen LogP contribution in [-0.4, -0.2) is 38.2 Å². The van der Waals surface area contributed by atoms with Gasteiger partial charge in [0, 0.05) is 5.56 Å². The Morgan fingerprint density at radius 2 is 1.42 bits per heavy atom. The number of rotatable bonds is 6. The Bertz CT molecular complexity index is 1080. The van der Waals surface area contributed by atoms with Gasteiger partial charge in [-0.2, -0.15) is 5.10 Å². The lowest BCUT2D eigenvalue weighted by atomic mass is 9.99. The van der Waals surface area contributed by atoms with E-state index in [0.29, 0.717) is 45.5 Å². The Morgan fingerprint density at radius 3 is 1.87 bits per heavy atom. The summed E-state index contributed by atoms with van der Waals surface area (Å²) in [5, 5.41) is 4.79. The summed E-state index contributed by atoms with van der Waals surface area (Å²) < 4.78 is 37.7. The van der Waals surface area contributed by atoms with E-state index in [1.807, 2.05) is 20.8 Å². The second kappa shape index (κ2) is 8.37. The van der Waals surface area contributed by atoms with E-state index in [0.717, 1.165) is 0 Å². The van der Waals surface area contributed by atoms with Crippen LogP contribution in [0.15, 0.2) is 30.3 Å². The van der Waals surface area contributed by atoms with Crippen molar-refractivity contribution in [3.8, 4) is 45.4 Å². The van der Waals surface area contributed by atoms with Gasteiger partial charge in [0.1, 0.15) is 11.5 Å². The summed E-state index contributed by atoms with van der Waals surface area (Å²) in [4.78, 5) is 0.